The number of hydrogen-bond donors (Lipinski definition) is 0. The number of esters is 1. The van der Waals surface area contributed by atoms with E-state index in [1.54, 1.807) is 41.3 Å². The Kier molecular flexibility index (Phi) is 8.18. The van der Waals surface area contributed by atoms with Gasteiger partial charge in [-0.15, -0.1) is 0 Å². The highest BCUT2D eigenvalue weighted by Crippen LogP contribution is 2.20. The first-order valence-corrected chi connectivity index (χ1v) is 11.9. The van der Waals surface area contributed by atoms with Crippen LogP contribution >= 0.6 is 0 Å². The van der Waals surface area contributed by atoms with E-state index in [-0.39, 0.29) is 23.3 Å². The molecule has 2 aromatic carbocycles. The van der Waals surface area contributed by atoms with Crippen LogP contribution in [0, 0.1) is 6.57 Å². The fraction of sp³-hybridized carbons (Fsp3) is 0.250. The van der Waals surface area contributed by atoms with E-state index in [1.165, 1.54) is 30.5 Å². The number of pyridine rings is 1. The fourth-order valence-corrected chi connectivity index (χ4v) is 4.04. The van der Waals surface area contributed by atoms with E-state index in [0.717, 1.165) is 5.56 Å². The topological polar surface area (TPSA) is 103 Å². The van der Waals surface area contributed by atoms with Gasteiger partial charge in [0, 0.05) is 37.4 Å². The van der Waals surface area contributed by atoms with Crippen molar-refractivity contribution in [2.75, 3.05) is 26.7 Å². The number of piperazine rings is 1. The van der Waals surface area contributed by atoms with Crippen LogP contribution in [0.5, 0.6) is 11.5 Å². The Labute approximate surface area is 220 Å². The Bertz CT molecular complexity index is 1370. The molecule has 1 fully saturated rings. The lowest BCUT2D eigenvalue weighted by molar-refractivity contribution is 0.0521. The molecule has 1 aliphatic heterocycles. The predicted molar refractivity (Wildman–Crippen MR) is 137 cm³/mol. The zero-order valence-electron chi connectivity index (χ0n) is 21.0. The molecule has 0 bridgehead atoms. The van der Waals surface area contributed by atoms with Crippen LogP contribution in [0.1, 0.15) is 33.2 Å². The van der Waals surface area contributed by atoms with E-state index >= 15 is 0 Å². The Morgan fingerprint density at radius 3 is 2.53 bits per heavy atom. The minimum absolute atomic E-state index is 0.130. The second-order valence-electron chi connectivity index (χ2n) is 8.66. The standard InChI is InChI=1S/C28H26N4O6/c1-19-17-31(11-12-32(19)28(35)38-25-14-22(15-30-16-25)27(34)36-3)26(33)21-7-9-24(10-8-21)37-18-20-5-4-6-23(13-20)29-2/h4-10,13-16,19H,11-12,17-18H2,1,3H3. The summed E-state index contributed by atoms with van der Waals surface area (Å²) in [6.45, 7) is 10.2. The van der Waals surface area contributed by atoms with E-state index < -0.39 is 12.1 Å². The molecule has 4 rings (SSSR count). The molecule has 0 spiro atoms. The largest absolute Gasteiger partial charge is 0.489 e. The van der Waals surface area contributed by atoms with Crippen LogP contribution < -0.4 is 9.47 Å². The number of benzene rings is 2. The van der Waals surface area contributed by atoms with Gasteiger partial charge in [0.1, 0.15) is 12.4 Å². The van der Waals surface area contributed by atoms with Crippen molar-refractivity contribution in [2.45, 2.75) is 19.6 Å². The number of carbonyl (C=O) groups is 3. The molecule has 2 heterocycles. The molecule has 1 atom stereocenters. The van der Waals surface area contributed by atoms with Gasteiger partial charge in [0.15, 0.2) is 11.4 Å². The van der Waals surface area contributed by atoms with Crippen molar-refractivity contribution < 1.29 is 28.6 Å². The first-order valence-electron chi connectivity index (χ1n) is 11.9. The number of rotatable bonds is 6. The minimum atomic E-state index is -0.586. The summed E-state index contributed by atoms with van der Waals surface area (Å²) in [5.74, 6) is 0.0181. The van der Waals surface area contributed by atoms with Gasteiger partial charge in [0.05, 0.1) is 25.4 Å². The molecular formula is C28H26N4O6. The van der Waals surface area contributed by atoms with Gasteiger partial charge in [-0.1, -0.05) is 18.2 Å². The molecule has 1 saturated heterocycles. The van der Waals surface area contributed by atoms with E-state index in [2.05, 4.69) is 14.6 Å². The maximum absolute atomic E-state index is 13.1. The fourth-order valence-electron chi connectivity index (χ4n) is 4.04. The highest BCUT2D eigenvalue weighted by atomic mass is 16.6. The molecule has 10 heteroatoms. The maximum atomic E-state index is 13.1. The molecule has 0 radical (unpaired) electrons. The average Bonchev–Trinajstić information content (AvgIpc) is 2.95. The Balaban J connectivity index is 1.31. The third-order valence-corrected chi connectivity index (χ3v) is 6.04. The first kappa shape index (κ1) is 26.2. The number of carbonyl (C=O) groups excluding carboxylic acids is 3. The van der Waals surface area contributed by atoms with Crippen molar-refractivity contribution in [2.24, 2.45) is 0 Å². The summed E-state index contributed by atoms with van der Waals surface area (Å²) in [6, 6.07) is 15.2. The van der Waals surface area contributed by atoms with Crippen LogP contribution in [0.3, 0.4) is 0 Å². The summed E-state index contributed by atoms with van der Waals surface area (Å²) in [6.07, 6.45) is 2.08. The molecule has 0 saturated carbocycles. The monoisotopic (exact) mass is 514 g/mol. The van der Waals surface area contributed by atoms with Crippen LogP contribution in [-0.2, 0) is 11.3 Å². The van der Waals surface area contributed by atoms with Gasteiger partial charge in [-0.2, -0.15) is 0 Å². The van der Waals surface area contributed by atoms with Crippen molar-refractivity contribution in [1.29, 1.82) is 0 Å². The Morgan fingerprint density at radius 2 is 1.82 bits per heavy atom. The van der Waals surface area contributed by atoms with Crippen molar-refractivity contribution in [3.8, 4) is 11.5 Å². The van der Waals surface area contributed by atoms with Gasteiger partial charge in [-0.05, 0) is 48.9 Å². The van der Waals surface area contributed by atoms with Gasteiger partial charge in [-0.25, -0.2) is 14.4 Å². The van der Waals surface area contributed by atoms with Crippen LogP contribution in [0.25, 0.3) is 4.85 Å². The summed E-state index contributed by atoms with van der Waals surface area (Å²) >= 11 is 0. The van der Waals surface area contributed by atoms with E-state index in [0.29, 0.717) is 43.2 Å². The zero-order valence-corrected chi connectivity index (χ0v) is 21.0. The van der Waals surface area contributed by atoms with Crippen LogP contribution in [0.2, 0.25) is 0 Å². The molecule has 0 N–H and O–H groups in total. The lowest BCUT2D eigenvalue weighted by Gasteiger charge is -2.39. The molecule has 194 valence electrons. The van der Waals surface area contributed by atoms with Crippen molar-refractivity contribution in [1.82, 2.24) is 14.8 Å². The molecule has 3 aromatic rings. The molecule has 1 aliphatic rings. The smallest absolute Gasteiger partial charge is 0.415 e. The van der Waals surface area contributed by atoms with Crippen LogP contribution in [0.4, 0.5) is 10.5 Å². The summed E-state index contributed by atoms with van der Waals surface area (Å²) < 4.78 is 15.9. The number of methoxy groups -OCH3 is 1. The summed E-state index contributed by atoms with van der Waals surface area (Å²) in [5.41, 5.74) is 2.13. The second-order valence-corrected chi connectivity index (χ2v) is 8.66. The van der Waals surface area contributed by atoms with Gasteiger partial charge in [0.25, 0.3) is 5.91 Å². The van der Waals surface area contributed by atoms with E-state index in [9.17, 15) is 14.4 Å². The summed E-state index contributed by atoms with van der Waals surface area (Å²) in [7, 11) is 1.26. The number of aromatic nitrogens is 1. The molecule has 1 aromatic heterocycles. The first-order chi connectivity index (χ1) is 18.4. The van der Waals surface area contributed by atoms with Crippen molar-refractivity contribution in [3.05, 3.63) is 95.1 Å². The third kappa shape index (κ3) is 6.25. The molecule has 1 unspecified atom stereocenters. The average molecular weight is 515 g/mol. The third-order valence-electron chi connectivity index (χ3n) is 6.04. The number of hydrogen-bond acceptors (Lipinski definition) is 7. The van der Waals surface area contributed by atoms with Gasteiger partial charge < -0.3 is 24.0 Å². The van der Waals surface area contributed by atoms with Gasteiger partial charge in [-0.3, -0.25) is 9.78 Å². The highest BCUT2D eigenvalue weighted by Gasteiger charge is 2.31. The zero-order chi connectivity index (χ0) is 27.1. The lowest BCUT2D eigenvalue weighted by Crippen LogP contribution is -2.56. The summed E-state index contributed by atoms with van der Waals surface area (Å²) in [4.78, 5) is 48.1. The second kappa shape index (κ2) is 11.9. The van der Waals surface area contributed by atoms with Crippen molar-refractivity contribution in [3.63, 3.8) is 0 Å². The summed E-state index contributed by atoms with van der Waals surface area (Å²) in [5, 5.41) is 0. The predicted octanol–water partition coefficient (Wildman–Crippen LogP) is 4.34. The normalized spacial score (nSPS) is 14.8. The Morgan fingerprint density at radius 1 is 1.03 bits per heavy atom. The SMILES string of the molecule is [C-]#[N+]c1cccc(COc2ccc(C(=O)N3CCN(C(=O)Oc4cncc(C(=O)OC)c4)C(C)C3)cc2)c1. The van der Waals surface area contributed by atoms with Crippen LogP contribution in [0.15, 0.2) is 67.0 Å². The Hall–Kier alpha value is -4.91. The van der Waals surface area contributed by atoms with Crippen LogP contribution in [-0.4, -0.2) is 65.5 Å². The number of nitrogens with zero attached hydrogens (tertiary/aromatic N) is 4. The molecule has 38 heavy (non-hydrogen) atoms. The molecule has 10 nitrogen and oxygen atoms in total. The quantitative estimate of drug-likeness (QED) is 0.356. The van der Waals surface area contributed by atoms with Crippen molar-refractivity contribution >= 4 is 23.7 Å². The van der Waals surface area contributed by atoms with E-state index in [4.69, 9.17) is 16.0 Å². The molecule has 0 aliphatic carbocycles. The minimum Gasteiger partial charge on any atom is -0.489 e. The maximum Gasteiger partial charge on any atom is 0.415 e. The molecular weight excluding hydrogens is 488 g/mol. The highest BCUT2D eigenvalue weighted by molar-refractivity contribution is 5.94. The number of amides is 2. The van der Waals surface area contributed by atoms with E-state index in [1.807, 2.05) is 19.1 Å². The van der Waals surface area contributed by atoms with Gasteiger partial charge in [0.2, 0.25) is 0 Å². The molecule has 2 amide bonds. The number of ether oxygens (including phenoxy) is 3. The lowest BCUT2D eigenvalue weighted by atomic mass is 10.1. The van der Waals surface area contributed by atoms with Gasteiger partial charge >= 0.3 is 12.1 Å².